The zero-order valence-corrected chi connectivity index (χ0v) is 57.5. The van der Waals surface area contributed by atoms with Gasteiger partial charge in [-0.2, -0.15) is 37.3 Å². The largest absolute Gasteiger partial charge is 0.481 e. The van der Waals surface area contributed by atoms with Crippen molar-refractivity contribution in [3.63, 3.8) is 0 Å². The van der Waals surface area contributed by atoms with Gasteiger partial charge >= 0.3 is 5.97 Å². The molecule has 46 heteroatoms. The second-order valence-electron chi connectivity index (χ2n) is 28.0. The Kier molecular flexibility index (Phi) is 29.5. The lowest BCUT2D eigenvalue weighted by Gasteiger charge is -2.53. The molecule has 9 rings (SSSR count). The van der Waals surface area contributed by atoms with E-state index in [-0.39, 0.29) is 128 Å². The number of hydrogen-bond donors (Lipinski definition) is 29. The molecule has 29 atom stereocenters. The molecule has 0 aromatic rings. The number of rotatable bonds is 31. The molecule has 2 heterocycles. The average molecular weight is 1510 g/mol. The van der Waals surface area contributed by atoms with Crippen molar-refractivity contribution in [3.05, 3.63) is 0 Å². The SMILES string of the molecule is O=C(O)C1CC(NC2NC(NCCO)NC(NC3CC(S(=O)(=O)O)CC4CC(S(O)(O)O)C(N=NC5CCC(COO)C(COO)C5)C(O)C43)N2)CCC1NC1NC(NCCO)NC(NC2CC(S(=O)(=O)O)CC3CC(S(O)(O)O)C(N=NC4CCC(COO)C(COO)C4)C(O)C32)N1. The normalized spacial score (nSPS) is 42.6. The van der Waals surface area contributed by atoms with Crippen LogP contribution in [0.2, 0.25) is 0 Å². The molecule has 7 aliphatic carbocycles. The number of aliphatic hydroxyl groups excluding tert-OH is 4. The maximum Gasteiger partial charge on any atom is 0.308 e. The number of hydrogen-bond acceptors (Lipinski definition) is 39. The molecule has 29 unspecified atom stereocenters. The van der Waals surface area contributed by atoms with E-state index in [1.54, 1.807) is 0 Å². The maximum absolute atomic E-state index is 13.4. The Hall–Kier alpha value is -2.01. The van der Waals surface area contributed by atoms with Crippen molar-refractivity contribution in [2.75, 3.05) is 52.7 Å². The van der Waals surface area contributed by atoms with E-state index >= 15 is 0 Å². The molecule has 29 N–H and O–H groups in total. The number of carboxylic acids is 1. The number of fused-ring (bicyclic) bond motifs is 2. The fourth-order valence-corrected chi connectivity index (χ4v) is 21.3. The molecule has 0 bridgehead atoms. The van der Waals surface area contributed by atoms with Crippen LogP contribution in [0, 0.1) is 53.3 Å². The van der Waals surface area contributed by atoms with Gasteiger partial charge in [0.15, 0.2) is 0 Å². The van der Waals surface area contributed by atoms with Gasteiger partial charge in [-0.3, -0.25) is 98.7 Å². The van der Waals surface area contributed by atoms with Crippen LogP contribution in [0.15, 0.2) is 20.5 Å². The molecule has 7 saturated carbocycles. The van der Waals surface area contributed by atoms with Gasteiger partial charge in [0.25, 0.3) is 20.2 Å². The Morgan fingerprint density at radius 3 is 1.17 bits per heavy atom. The second kappa shape index (κ2) is 36.1. The summed E-state index contributed by atoms with van der Waals surface area (Å²) in [5, 5.41) is 143. The van der Waals surface area contributed by atoms with Crippen molar-refractivity contribution in [2.45, 2.75) is 216 Å². The molecule has 0 aromatic heterocycles. The minimum absolute atomic E-state index is 0.0335. The zero-order chi connectivity index (χ0) is 71.7. The molecule has 0 spiro atoms. The van der Waals surface area contributed by atoms with E-state index in [2.05, 4.69) is 104 Å². The average Bonchev–Trinajstić information content (AvgIpc) is 0.753. The van der Waals surface area contributed by atoms with Crippen LogP contribution in [-0.4, -0.2) is 278 Å². The van der Waals surface area contributed by atoms with Crippen LogP contribution in [0.25, 0.3) is 0 Å². The summed E-state index contributed by atoms with van der Waals surface area (Å²) in [6.45, 7) is -0.790. The summed E-state index contributed by atoms with van der Waals surface area (Å²) in [6.07, 6.45) is -7.16. The van der Waals surface area contributed by atoms with E-state index in [0.717, 1.165) is 0 Å². The second-order valence-corrected chi connectivity index (χ2v) is 34.9. The fourth-order valence-electron chi connectivity index (χ4n) is 17.2. The van der Waals surface area contributed by atoms with Crippen molar-refractivity contribution in [2.24, 2.45) is 73.7 Å². The molecule has 576 valence electrons. The van der Waals surface area contributed by atoms with Crippen LogP contribution in [0.3, 0.4) is 0 Å². The van der Waals surface area contributed by atoms with Crippen LogP contribution in [0.5, 0.6) is 0 Å². The molecule has 42 nitrogen and oxygen atoms in total. The highest BCUT2D eigenvalue weighted by Crippen LogP contribution is 2.56. The Morgan fingerprint density at radius 1 is 0.434 bits per heavy atom. The van der Waals surface area contributed by atoms with Crippen LogP contribution in [0.4, 0.5) is 0 Å². The number of nitrogens with one attached hydrogen (secondary N) is 12. The van der Waals surface area contributed by atoms with Crippen LogP contribution >= 0.6 is 21.7 Å². The number of carbonyl (C=O) groups is 1. The third-order valence-corrected chi connectivity index (χ3v) is 26.9. The van der Waals surface area contributed by atoms with Crippen molar-refractivity contribution in [1.29, 1.82) is 0 Å². The maximum atomic E-state index is 13.4. The highest BCUT2D eigenvalue weighted by atomic mass is 32.3. The highest BCUT2D eigenvalue weighted by molar-refractivity contribution is 8.20. The summed E-state index contributed by atoms with van der Waals surface area (Å²) in [4.78, 5) is 30.9. The van der Waals surface area contributed by atoms with E-state index in [1.165, 1.54) is 0 Å². The van der Waals surface area contributed by atoms with E-state index in [1.807, 2.05) is 0 Å². The van der Waals surface area contributed by atoms with Gasteiger partial charge in [-0.1, -0.05) is 0 Å². The Bertz CT molecular complexity index is 2840. The van der Waals surface area contributed by atoms with Crippen molar-refractivity contribution in [3.8, 4) is 0 Å². The number of azo groups is 2. The minimum Gasteiger partial charge on any atom is -0.481 e. The van der Waals surface area contributed by atoms with E-state index in [9.17, 15) is 94.1 Å². The van der Waals surface area contributed by atoms with Gasteiger partial charge in [0, 0.05) is 49.1 Å². The summed E-state index contributed by atoms with van der Waals surface area (Å²) in [5.74, 6) is -6.88. The van der Waals surface area contributed by atoms with E-state index in [0.29, 0.717) is 44.9 Å². The predicted octanol–water partition coefficient (Wildman–Crippen LogP) is -2.42. The monoisotopic (exact) mass is 1510 g/mol. The van der Waals surface area contributed by atoms with Gasteiger partial charge in [0.05, 0.1) is 113 Å². The first kappa shape index (κ1) is 81.1. The van der Waals surface area contributed by atoms with Gasteiger partial charge < -0.3 is 52.8 Å². The first-order valence-corrected chi connectivity index (χ1v) is 39.7. The van der Waals surface area contributed by atoms with Crippen molar-refractivity contribution >= 4 is 47.9 Å². The number of carboxylic acid groups (broad SMARTS) is 1. The molecule has 0 amide bonds. The summed E-state index contributed by atoms with van der Waals surface area (Å²) < 4.78 is 138. The van der Waals surface area contributed by atoms with Gasteiger partial charge in [-0.15, -0.1) is 0 Å². The lowest BCUT2D eigenvalue weighted by atomic mass is 9.65. The van der Waals surface area contributed by atoms with Crippen LogP contribution in [0.1, 0.15) is 96.3 Å². The Balaban J connectivity index is 0.885. The Labute approximate surface area is 575 Å². The molecule has 9 aliphatic rings. The smallest absolute Gasteiger partial charge is 0.308 e. The van der Waals surface area contributed by atoms with Gasteiger partial charge in [-0.25, -0.2) is 19.6 Å². The first-order valence-electron chi connectivity index (χ1n) is 33.6. The molecular weight excluding hydrogens is 1400 g/mol. The van der Waals surface area contributed by atoms with Gasteiger partial charge in [-0.05, 0) is 132 Å². The summed E-state index contributed by atoms with van der Waals surface area (Å²) in [6, 6.07) is -7.16. The lowest BCUT2D eigenvalue weighted by molar-refractivity contribution is -0.274. The molecule has 9 fully saturated rings. The standard InChI is InChI=1S/C53H104N16O26S4/c70-9-7-54-48-60-50(64-52(62-48)58-37-18-33(96(80,81)82)13-26-15-39(98(86,87)88)43(45(72)41(26)37)68-66-31-3-1-24(20-92-76)28(11-31)22-94-78)56-30-5-6-36(35(17-30)47(74)75)57-51-61-49(55-8-10-71)63-53(65-51)59-38-19-34(97(83,84)85)14-27-16-40(99(89,90)91)44(46(73)42(27)38)69-67-32-4-2-25(21-93-77)29(12-32)23-95-79/h24-46,48-65,70-73,76-79,86-91H,1-23H2,(H,74,75)(H,80,81,82)(H,83,84,85). The minimum atomic E-state index is -4.76. The summed E-state index contributed by atoms with van der Waals surface area (Å²) in [5.41, 5.74) is 0. The van der Waals surface area contributed by atoms with Crippen LogP contribution in [-0.2, 0) is 44.6 Å². The molecule has 99 heavy (non-hydrogen) atoms. The highest BCUT2D eigenvalue weighted by Gasteiger charge is 2.59. The van der Waals surface area contributed by atoms with Gasteiger partial charge in [0.2, 0.25) is 0 Å². The molecule has 0 aromatic carbocycles. The third-order valence-electron chi connectivity index (χ3n) is 21.9. The Morgan fingerprint density at radius 2 is 0.808 bits per heavy atom. The molecule has 2 aliphatic heterocycles. The third kappa shape index (κ3) is 21.4. The lowest BCUT2D eigenvalue weighted by Crippen LogP contribution is -2.80. The fraction of sp³-hybridized carbons (Fsp3) is 0.981. The number of nitrogens with zero attached hydrogens (tertiary/aromatic N) is 4. The predicted molar refractivity (Wildman–Crippen MR) is 348 cm³/mol. The van der Waals surface area contributed by atoms with Crippen molar-refractivity contribution in [1.82, 2.24) is 63.8 Å². The topological polar surface area (TPSA) is 660 Å². The summed E-state index contributed by atoms with van der Waals surface area (Å²) >= 11 is 0. The van der Waals surface area contributed by atoms with Gasteiger partial charge in [0.1, 0.15) is 49.8 Å². The van der Waals surface area contributed by atoms with E-state index < -0.39 is 197 Å². The van der Waals surface area contributed by atoms with Crippen LogP contribution < -0.4 is 63.8 Å². The van der Waals surface area contributed by atoms with E-state index in [4.69, 9.17) is 10.5 Å². The first-order chi connectivity index (χ1) is 46.9. The zero-order valence-electron chi connectivity index (χ0n) is 54.2. The quantitative estimate of drug-likeness (QED) is 0.0149. The number of aliphatic hydroxyl groups is 4. The summed E-state index contributed by atoms with van der Waals surface area (Å²) in [7, 11) is -18.5. The molecular formula is C53H104N16O26S4. The molecule has 0 radical (unpaired) electrons. The number of aliphatic carboxylic acids is 1. The molecule has 2 saturated heterocycles. The van der Waals surface area contributed by atoms with Crippen molar-refractivity contribution < 1.29 is 124 Å².